The first-order chi connectivity index (χ1) is 14.0. The van der Waals surface area contributed by atoms with Gasteiger partial charge in [0.05, 0.1) is 13.2 Å². The van der Waals surface area contributed by atoms with Crippen LogP contribution in [0.5, 0.6) is 0 Å². The van der Waals surface area contributed by atoms with Crippen molar-refractivity contribution in [1.82, 2.24) is 14.8 Å². The number of benzene rings is 1. The Labute approximate surface area is 170 Å². The molecule has 0 saturated carbocycles. The zero-order valence-corrected chi connectivity index (χ0v) is 16.9. The number of esters is 1. The zero-order valence-electron chi connectivity index (χ0n) is 16.9. The van der Waals surface area contributed by atoms with Crippen LogP contribution in [0.25, 0.3) is 0 Å². The number of methoxy groups -OCH3 is 1. The van der Waals surface area contributed by atoms with E-state index < -0.39 is 5.97 Å². The lowest BCUT2D eigenvalue weighted by Gasteiger charge is -2.24. The van der Waals surface area contributed by atoms with E-state index >= 15 is 0 Å². The Kier molecular flexibility index (Phi) is 9.17. The topological polar surface area (TPSA) is 72.8 Å². The first-order valence-electron chi connectivity index (χ1n) is 9.59. The molecule has 0 aliphatic heterocycles. The number of carbonyl (C=O) groups is 2. The molecule has 1 aromatic heterocycles. The lowest BCUT2D eigenvalue weighted by atomic mass is 10.2. The summed E-state index contributed by atoms with van der Waals surface area (Å²) in [5.74, 6) is -0.761. The van der Waals surface area contributed by atoms with Crippen molar-refractivity contribution in [3.63, 3.8) is 0 Å². The van der Waals surface area contributed by atoms with Crippen molar-refractivity contribution in [3.8, 4) is 0 Å². The standard InChI is InChI=1S/C21H28FN3O4/c1-3-29-20(26)14-23-21(27)25(11-6-12-28-2)16-19-9-5-10-24(19)15-17-7-4-8-18(22)13-17/h4-5,7-10,13H,3,6,11-12,14-16H2,1-2H3,(H,23,27). The molecule has 158 valence electrons. The number of hydrogen-bond acceptors (Lipinski definition) is 4. The Morgan fingerprint density at radius 1 is 1.24 bits per heavy atom. The van der Waals surface area contributed by atoms with Gasteiger partial charge in [-0.05, 0) is 43.2 Å². The van der Waals surface area contributed by atoms with E-state index in [1.54, 1.807) is 25.0 Å². The van der Waals surface area contributed by atoms with Crippen LogP contribution in [0, 0.1) is 5.82 Å². The van der Waals surface area contributed by atoms with E-state index in [1.165, 1.54) is 12.1 Å². The average molecular weight is 405 g/mol. The summed E-state index contributed by atoms with van der Waals surface area (Å²) in [4.78, 5) is 25.7. The minimum absolute atomic E-state index is 0.183. The first kappa shape index (κ1) is 22.4. The molecule has 1 heterocycles. The molecular formula is C21H28FN3O4. The van der Waals surface area contributed by atoms with Crippen LogP contribution < -0.4 is 5.32 Å². The van der Waals surface area contributed by atoms with E-state index in [0.717, 1.165) is 11.3 Å². The third-order valence-electron chi connectivity index (χ3n) is 4.27. The minimum atomic E-state index is -0.479. The van der Waals surface area contributed by atoms with Crippen molar-refractivity contribution in [2.45, 2.75) is 26.4 Å². The second-order valence-electron chi connectivity index (χ2n) is 6.49. The molecular weight excluding hydrogens is 377 g/mol. The van der Waals surface area contributed by atoms with Gasteiger partial charge in [0.25, 0.3) is 0 Å². The van der Waals surface area contributed by atoms with Gasteiger partial charge in [-0.3, -0.25) is 4.79 Å². The Hall–Kier alpha value is -2.87. The molecule has 0 atom stereocenters. The van der Waals surface area contributed by atoms with E-state index in [2.05, 4.69) is 5.32 Å². The van der Waals surface area contributed by atoms with Crippen molar-refractivity contribution in [2.75, 3.05) is 33.4 Å². The lowest BCUT2D eigenvalue weighted by Crippen LogP contribution is -2.43. The molecule has 0 aliphatic carbocycles. The van der Waals surface area contributed by atoms with Crippen molar-refractivity contribution in [2.24, 2.45) is 0 Å². The molecule has 2 rings (SSSR count). The van der Waals surface area contributed by atoms with Crippen LogP contribution in [0.4, 0.5) is 9.18 Å². The Bertz CT molecular complexity index is 794. The molecule has 0 bridgehead atoms. The van der Waals surface area contributed by atoms with Gasteiger partial charge in [-0.25, -0.2) is 9.18 Å². The number of carbonyl (C=O) groups excluding carboxylic acids is 2. The third kappa shape index (κ3) is 7.57. The van der Waals surface area contributed by atoms with Crippen LogP contribution in [0.1, 0.15) is 24.6 Å². The van der Waals surface area contributed by atoms with Gasteiger partial charge in [0.1, 0.15) is 12.4 Å². The fraction of sp³-hybridized carbons (Fsp3) is 0.429. The molecule has 0 saturated heterocycles. The van der Waals surface area contributed by atoms with Gasteiger partial charge in [-0.1, -0.05) is 12.1 Å². The molecule has 7 nitrogen and oxygen atoms in total. The van der Waals surface area contributed by atoms with Crippen LogP contribution >= 0.6 is 0 Å². The molecule has 1 aromatic carbocycles. The minimum Gasteiger partial charge on any atom is -0.465 e. The van der Waals surface area contributed by atoms with E-state index in [-0.39, 0.29) is 25.0 Å². The highest BCUT2D eigenvalue weighted by Gasteiger charge is 2.17. The summed E-state index contributed by atoms with van der Waals surface area (Å²) in [5.41, 5.74) is 1.73. The van der Waals surface area contributed by atoms with Gasteiger partial charge < -0.3 is 24.3 Å². The van der Waals surface area contributed by atoms with E-state index in [1.807, 2.05) is 29.0 Å². The largest absolute Gasteiger partial charge is 0.465 e. The van der Waals surface area contributed by atoms with E-state index in [9.17, 15) is 14.0 Å². The molecule has 1 N–H and O–H groups in total. The fourth-order valence-corrected chi connectivity index (χ4v) is 2.90. The number of urea groups is 1. The maximum Gasteiger partial charge on any atom is 0.325 e. The SMILES string of the molecule is CCOC(=O)CNC(=O)N(CCCOC)Cc1cccn1Cc1cccc(F)c1. The van der Waals surface area contributed by atoms with Gasteiger partial charge in [0, 0.05) is 38.7 Å². The van der Waals surface area contributed by atoms with E-state index in [4.69, 9.17) is 9.47 Å². The summed E-state index contributed by atoms with van der Waals surface area (Å²) in [6.07, 6.45) is 2.55. The highest BCUT2D eigenvalue weighted by atomic mass is 19.1. The van der Waals surface area contributed by atoms with Gasteiger partial charge in [0.15, 0.2) is 0 Å². The van der Waals surface area contributed by atoms with Gasteiger partial charge >= 0.3 is 12.0 Å². The Balaban J connectivity index is 2.05. The maximum absolute atomic E-state index is 13.5. The number of ether oxygens (including phenoxy) is 2. The summed E-state index contributed by atoms with van der Waals surface area (Å²) >= 11 is 0. The number of hydrogen-bond donors (Lipinski definition) is 1. The lowest BCUT2D eigenvalue weighted by molar-refractivity contribution is -0.141. The molecule has 0 spiro atoms. The van der Waals surface area contributed by atoms with Gasteiger partial charge in [0.2, 0.25) is 0 Å². The molecule has 8 heteroatoms. The normalized spacial score (nSPS) is 10.6. The van der Waals surface area contributed by atoms with E-state index in [0.29, 0.717) is 32.7 Å². The van der Waals surface area contributed by atoms with Gasteiger partial charge in [-0.2, -0.15) is 0 Å². The quantitative estimate of drug-likeness (QED) is 0.461. The van der Waals surface area contributed by atoms with Crippen LogP contribution in [-0.4, -0.2) is 54.9 Å². The van der Waals surface area contributed by atoms with Crippen molar-refractivity contribution < 1.29 is 23.5 Å². The Morgan fingerprint density at radius 2 is 2.07 bits per heavy atom. The highest BCUT2D eigenvalue weighted by Crippen LogP contribution is 2.12. The maximum atomic E-state index is 13.5. The third-order valence-corrected chi connectivity index (χ3v) is 4.27. The average Bonchev–Trinajstić information content (AvgIpc) is 3.12. The number of aromatic nitrogens is 1. The monoisotopic (exact) mass is 405 g/mol. The van der Waals surface area contributed by atoms with Crippen LogP contribution in [0.3, 0.4) is 0 Å². The smallest absolute Gasteiger partial charge is 0.325 e. The molecule has 0 aliphatic rings. The number of amides is 2. The number of nitrogens with one attached hydrogen (secondary N) is 1. The summed E-state index contributed by atoms with van der Waals surface area (Å²) < 4.78 is 25.4. The number of halogens is 1. The van der Waals surface area contributed by atoms with Crippen molar-refractivity contribution >= 4 is 12.0 Å². The molecule has 0 radical (unpaired) electrons. The number of nitrogens with zero attached hydrogens (tertiary/aromatic N) is 2. The van der Waals surface area contributed by atoms with Crippen molar-refractivity contribution in [3.05, 3.63) is 59.7 Å². The molecule has 0 unspecified atom stereocenters. The van der Waals surface area contributed by atoms with Crippen LogP contribution in [0.15, 0.2) is 42.6 Å². The summed E-state index contributed by atoms with van der Waals surface area (Å²) in [6.45, 7) is 3.62. The van der Waals surface area contributed by atoms with Crippen LogP contribution in [-0.2, 0) is 27.4 Å². The summed E-state index contributed by atoms with van der Waals surface area (Å²) in [7, 11) is 1.61. The van der Waals surface area contributed by atoms with Crippen LogP contribution in [0.2, 0.25) is 0 Å². The van der Waals surface area contributed by atoms with Crippen molar-refractivity contribution in [1.29, 1.82) is 0 Å². The molecule has 2 amide bonds. The predicted molar refractivity (Wildman–Crippen MR) is 107 cm³/mol. The predicted octanol–water partition coefficient (Wildman–Crippen LogP) is 2.79. The number of rotatable bonds is 11. The first-order valence-corrected chi connectivity index (χ1v) is 9.59. The second kappa shape index (κ2) is 11.9. The molecule has 29 heavy (non-hydrogen) atoms. The summed E-state index contributed by atoms with van der Waals surface area (Å²) in [5, 5.41) is 2.60. The molecule has 0 fully saturated rings. The Morgan fingerprint density at radius 3 is 2.79 bits per heavy atom. The van der Waals surface area contributed by atoms with Gasteiger partial charge in [-0.15, -0.1) is 0 Å². The zero-order chi connectivity index (χ0) is 21.1. The fourth-order valence-electron chi connectivity index (χ4n) is 2.90. The molecule has 2 aromatic rings. The second-order valence-corrected chi connectivity index (χ2v) is 6.49. The highest BCUT2D eigenvalue weighted by molar-refractivity contribution is 5.80. The summed E-state index contributed by atoms with van der Waals surface area (Å²) in [6, 6.07) is 9.88.